The minimum absolute atomic E-state index is 0. The van der Waals surface area contributed by atoms with Crippen LogP contribution < -0.4 is 49.5 Å². The Morgan fingerprint density at radius 1 is 0.381 bits per heavy atom. The van der Waals surface area contributed by atoms with Gasteiger partial charge in [0.1, 0.15) is 68.2 Å². The zero-order chi connectivity index (χ0) is 72.0. The van der Waals surface area contributed by atoms with Gasteiger partial charge in [-0.1, -0.05) is 69.9 Å². The number of ether oxygens (including phenoxy) is 7. The zero-order valence-electron chi connectivity index (χ0n) is 63.7. The fourth-order valence-corrected chi connectivity index (χ4v) is 9.59. The summed E-state index contributed by atoms with van der Waals surface area (Å²) in [7, 11) is 7.75. The van der Waals surface area contributed by atoms with Crippen LogP contribution in [0.4, 0.5) is 19.2 Å². The second kappa shape index (κ2) is 72.9. The monoisotopic (exact) mass is 1670 g/mol. The molecule has 0 aromatic carbocycles. The van der Waals surface area contributed by atoms with E-state index < -0.39 is 105 Å². The summed E-state index contributed by atoms with van der Waals surface area (Å²) in [5.41, 5.74) is 17.0. The predicted molar refractivity (Wildman–Crippen MR) is 429 cm³/mol. The van der Waals surface area contributed by atoms with Crippen molar-refractivity contribution >= 4 is 147 Å². The van der Waals surface area contributed by atoms with E-state index >= 15 is 0 Å². The number of nitrogens with one attached hydrogen (secondary N) is 5. The van der Waals surface area contributed by atoms with Crippen LogP contribution in [0, 0.1) is 16.2 Å². The minimum atomic E-state index is -2.02. The number of rotatable bonds is 60. The zero-order valence-corrected chi connectivity index (χ0v) is 70.3. The summed E-state index contributed by atoms with van der Waals surface area (Å²) >= 11 is 0. The van der Waals surface area contributed by atoms with Crippen molar-refractivity contribution in [3.8, 4) is 0 Å². The second-order valence-corrected chi connectivity index (χ2v) is 26.2. The van der Waals surface area contributed by atoms with Gasteiger partial charge in [-0.05, 0) is 192 Å². The van der Waals surface area contributed by atoms with E-state index in [1.165, 1.54) is 70.4 Å². The molecule has 0 unspecified atom stereocenters. The van der Waals surface area contributed by atoms with Crippen LogP contribution >= 0.6 is 99.3 Å². The molecule has 1 aromatic heterocycles. The van der Waals surface area contributed by atoms with Gasteiger partial charge in [-0.15, -0.1) is 104 Å². The molecule has 105 heavy (non-hydrogen) atoms. The number of carbonyl (C=O) groups excluding carboxylic acids is 8. The van der Waals surface area contributed by atoms with Gasteiger partial charge in [0, 0.05) is 45.7 Å². The highest BCUT2D eigenvalue weighted by molar-refractivity contribution is 5.86. The Bertz CT molecular complexity index is 2170. The highest BCUT2D eigenvalue weighted by Crippen LogP contribution is 2.28. The highest BCUT2D eigenvalue weighted by atomic mass is 35.5. The van der Waals surface area contributed by atoms with E-state index in [-0.39, 0.29) is 137 Å². The molecule has 0 aliphatic heterocycles. The summed E-state index contributed by atoms with van der Waals surface area (Å²) in [6.45, 7) is 11.2. The summed E-state index contributed by atoms with van der Waals surface area (Å²) in [4.78, 5) is 117. The van der Waals surface area contributed by atoms with Crippen LogP contribution in [0.3, 0.4) is 0 Å². The number of aryl methyl sites for hydroxylation is 1. The van der Waals surface area contributed by atoms with E-state index in [0.29, 0.717) is 104 Å². The molecule has 39 heteroatoms. The molecule has 0 saturated carbocycles. The van der Waals surface area contributed by atoms with Gasteiger partial charge < -0.3 is 102 Å². The van der Waals surface area contributed by atoms with Crippen LogP contribution in [0.25, 0.3) is 0 Å². The van der Waals surface area contributed by atoms with Crippen molar-refractivity contribution < 1.29 is 71.5 Å². The minimum Gasteiger partial charge on any atom is -0.464 e. The summed E-state index contributed by atoms with van der Waals surface area (Å²) in [6.07, 6.45) is 16.5. The molecule has 0 radical (unpaired) electrons. The number of amides is 5. The van der Waals surface area contributed by atoms with E-state index in [2.05, 4.69) is 63.4 Å². The molecule has 13 N–H and O–H groups in total. The molecule has 1 rings (SSSR count). The van der Waals surface area contributed by atoms with Gasteiger partial charge in [-0.25, -0.2) is 19.2 Å². The third-order valence-electron chi connectivity index (χ3n) is 16.1. The van der Waals surface area contributed by atoms with Crippen molar-refractivity contribution in [2.45, 2.75) is 169 Å². The lowest BCUT2D eigenvalue weighted by Crippen LogP contribution is -2.47. The molecule has 0 spiro atoms. The lowest BCUT2D eigenvalue weighted by molar-refractivity contribution is -0.179. The van der Waals surface area contributed by atoms with Crippen LogP contribution in [-0.2, 0) is 65.5 Å². The number of alkyl carbamates (subject to hydrolysis) is 4. The molecule has 0 bridgehead atoms. The van der Waals surface area contributed by atoms with Crippen LogP contribution in [-0.4, -0.2) is 262 Å². The quantitative estimate of drug-likeness (QED) is 0.0177. The first-order chi connectivity index (χ1) is 46.5. The first-order valence-corrected chi connectivity index (χ1v) is 35.3. The average Bonchev–Trinajstić information content (AvgIpc) is 1.60. The highest BCUT2D eigenvalue weighted by Gasteiger charge is 2.46. The lowest BCUT2D eigenvalue weighted by Gasteiger charge is -2.32. The third-order valence-corrected chi connectivity index (χ3v) is 16.1. The molecule has 626 valence electrons. The Morgan fingerprint density at radius 2 is 0.657 bits per heavy atom. The van der Waals surface area contributed by atoms with Gasteiger partial charge in [-0.2, -0.15) is 0 Å². The first-order valence-electron chi connectivity index (χ1n) is 35.3. The molecule has 0 saturated heterocycles. The van der Waals surface area contributed by atoms with Gasteiger partial charge in [0.15, 0.2) is 0 Å². The Morgan fingerprint density at radius 3 is 0.971 bits per heavy atom. The summed E-state index contributed by atoms with van der Waals surface area (Å²) in [6, 6.07) is 0. The van der Waals surface area contributed by atoms with Crippen molar-refractivity contribution in [3.05, 3.63) is 11.9 Å². The molecule has 1 aromatic rings. The van der Waals surface area contributed by atoms with Crippen LogP contribution in [0.5, 0.6) is 0 Å². The summed E-state index contributed by atoms with van der Waals surface area (Å²) < 4.78 is 41.2. The Hall–Kier alpha value is -3.90. The average molecular weight is 1680 g/mol. The van der Waals surface area contributed by atoms with Crippen molar-refractivity contribution in [3.63, 3.8) is 0 Å². The maximum atomic E-state index is 14.5. The molecule has 0 atom stereocenters. The molecular weight excluding hydrogens is 1540 g/mol. The maximum absolute atomic E-state index is 14.5. The number of nitrogens with two attached hydrogens (primary N) is 4. The molecule has 31 nitrogen and oxygen atoms in total. The normalized spacial score (nSPS) is 10.9. The van der Waals surface area contributed by atoms with Crippen LogP contribution in [0.15, 0.2) is 6.20 Å². The van der Waals surface area contributed by atoms with E-state index in [0.717, 1.165) is 71.1 Å². The summed E-state index contributed by atoms with van der Waals surface area (Å²) in [5, 5.41) is 21.9. The van der Waals surface area contributed by atoms with Gasteiger partial charge >= 0.3 is 42.3 Å². The molecule has 1 heterocycles. The van der Waals surface area contributed by atoms with E-state index in [9.17, 15) is 38.4 Å². The number of unbranched alkanes of at least 4 members (excludes halogenated alkanes) is 9. The number of carbonyl (C=O) groups is 8. The number of hydrogen-bond donors (Lipinski definition) is 9. The largest absolute Gasteiger partial charge is 0.464 e. The first kappa shape index (κ1) is 117. The number of nitrogens with zero attached hydrogens (tertiary/aromatic N) is 7. The topological polar surface area (TPSA) is 409 Å². The number of esters is 3. The Kier molecular flexibility index (Phi) is 81.2. The van der Waals surface area contributed by atoms with Gasteiger partial charge in [0.05, 0.1) is 6.20 Å². The number of hydrogen-bond acceptors (Lipinski definition) is 25. The standard InChI is InChI=1S/C66H128N16O15.8ClH/c1-9-10-11-12-13-14-15-16-17-18-28-56(83)71-33-27-46-82-47-55(76-77-82)48-91-57(84)64(2,49-92-58(85)65(3,51-94-60(87)72-34-23-42-78(5)38-19-29-67)52-95-61(88)73-35-24-43-79(6)39-20-30-68)50-93-59(86)66(4,53-96-62(89)74-36-25-44-80(7)40-21-31-69)54-97-63(90)75-37-26-45-81(8)41-22-32-70;;;;;;;;/h47H,9-46,48-54,67-70H2,1-8H3,(H,71,83)(H,72,87)(H,73,88)(H,74,89)(H,75,90);8*1H. The predicted octanol–water partition coefficient (Wildman–Crippen LogP) is 7.21. The SMILES string of the molecule is CCCCCCCCCCCCC(=O)NCCCn1cc(COC(=O)C(C)(COC(=O)C(C)(COC(=O)NCCCN(C)CCCN)COC(=O)NCCCN(C)CCCN)COC(=O)C(C)(COC(=O)NCCCN(C)CCCN)COC(=O)NCCCN(C)CCCN)nn1.Cl.Cl.Cl.Cl.Cl.Cl.Cl.Cl. The molecule has 5 amide bonds. The molecule has 0 aliphatic carbocycles. The van der Waals surface area contributed by atoms with E-state index in [4.69, 9.17) is 56.1 Å². The molecule has 0 aliphatic rings. The van der Waals surface area contributed by atoms with Crippen LogP contribution in [0.1, 0.15) is 162 Å². The van der Waals surface area contributed by atoms with Crippen molar-refractivity contribution in [2.24, 2.45) is 39.2 Å². The fraction of sp³-hybridized carbons (Fsp3) is 0.848. The maximum Gasteiger partial charge on any atom is 0.407 e. The number of aromatic nitrogens is 3. The van der Waals surface area contributed by atoms with Gasteiger partial charge in [-0.3, -0.25) is 23.9 Å². The second-order valence-electron chi connectivity index (χ2n) is 26.2. The molecular formula is C66H136Cl8N16O15. The van der Waals surface area contributed by atoms with Gasteiger partial charge in [0.25, 0.3) is 0 Å². The number of halogens is 8. The Labute approximate surface area is 675 Å². The van der Waals surface area contributed by atoms with E-state index in [1.807, 2.05) is 28.2 Å². The smallest absolute Gasteiger partial charge is 0.407 e. The van der Waals surface area contributed by atoms with Crippen molar-refractivity contribution in [1.29, 1.82) is 0 Å². The molecule has 0 fully saturated rings. The third kappa shape index (κ3) is 59.6. The van der Waals surface area contributed by atoms with Crippen molar-refractivity contribution in [2.75, 3.05) is 179 Å². The fourth-order valence-electron chi connectivity index (χ4n) is 9.59. The van der Waals surface area contributed by atoms with Crippen molar-refractivity contribution in [1.82, 2.24) is 61.2 Å². The van der Waals surface area contributed by atoms with Crippen LogP contribution in [0.2, 0.25) is 0 Å². The van der Waals surface area contributed by atoms with Gasteiger partial charge in [0.2, 0.25) is 5.91 Å². The van der Waals surface area contributed by atoms with E-state index in [1.54, 1.807) is 6.20 Å². The summed E-state index contributed by atoms with van der Waals surface area (Å²) in [5.74, 6) is -3.19. The Balaban J connectivity index is -0.00000196. The lowest BCUT2D eigenvalue weighted by atomic mass is 9.90.